The van der Waals surface area contributed by atoms with Gasteiger partial charge in [0.05, 0.1) is 14.2 Å². The second-order valence-corrected chi connectivity index (χ2v) is 6.35. The summed E-state index contributed by atoms with van der Waals surface area (Å²) in [6.45, 7) is 0. The van der Waals surface area contributed by atoms with Gasteiger partial charge in [0, 0.05) is 12.2 Å². The molecule has 1 heterocycles. The van der Waals surface area contributed by atoms with E-state index < -0.39 is 3.79 Å². The number of ether oxygens (including phenoxy) is 3. The molecule has 0 saturated carbocycles. The Balaban J connectivity index is 3.47. The van der Waals surface area contributed by atoms with Crippen LogP contribution in [0.15, 0.2) is 0 Å². The van der Waals surface area contributed by atoms with Gasteiger partial charge in [-0.25, -0.2) is 4.98 Å². The molecule has 19 heavy (non-hydrogen) atoms. The van der Waals surface area contributed by atoms with E-state index in [1.54, 1.807) is 0 Å². The molecule has 0 aliphatic rings. The van der Waals surface area contributed by atoms with Crippen LogP contribution in [0.5, 0.6) is 11.6 Å². The van der Waals surface area contributed by atoms with Gasteiger partial charge in [-0.05, 0) is 0 Å². The molecule has 4 nitrogen and oxygen atoms in total. The average molecular weight is 385 g/mol. The molecule has 0 aliphatic carbocycles. The van der Waals surface area contributed by atoms with Gasteiger partial charge in [0.2, 0.25) is 9.67 Å². The van der Waals surface area contributed by atoms with E-state index in [4.69, 9.17) is 84.4 Å². The highest BCUT2D eigenvalue weighted by molar-refractivity contribution is 7.79. The number of methoxy groups -OCH3 is 2. The summed E-state index contributed by atoms with van der Waals surface area (Å²) in [4.78, 5) is 3.91. The predicted octanol–water partition coefficient (Wildman–Crippen LogP) is 4.53. The Kier molecular flexibility index (Phi) is 6.04. The maximum absolute atomic E-state index is 6.03. The van der Waals surface area contributed by atoms with E-state index in [-0.39, 0.29) is 32.6 Å². The molecule has 0 bridgehead atoms. The zero-order chi connectivity index (χ0) is 14.8. The van der Waals surface area contributed by atoms with Crippen LogP contribution in [0.1, 0.15) is 5.69 Å². The molecular formula is C9H6Cl5NO3S. The van der Waals surface area contributed by atoms with Crippen molar-refractivity contribution in [1.82, 2.24) is 4.98 Å². The number of rotatable bonds is 2. The Morgan fingerprint density at radius 2 is 1.74 bits per heavy atom. The fourth-order valence-electron chi connectivity index (χ4n) is 1.04. The average Bonchev–Trinajstić information content (AvgIpc) is 2.32. The van der Waals surface area contributed by atoms with Gasteiger partial charge in [0.1, 0.15) is 15.7 Å². The summed E-state index contributed by atoms with van der Waals surface area (Å²) in [5, 5.41) is -0.345. The number of aromatic nitrogens is 1. The lowest BCUT2D eigenvalue weighted by atomic mass is 10.3. The van der Waals surface area contributed by atoms with Crippen LogP contribution < -0.4 is 9.47 Å². The first-order chi connectivity index (χ1) is 8.72. The van der Waals surface area contributed by atoms with Gasteiger partial charge in [-0.2, -0.15) is 0 Å². The number of nitrogens with zero attached hydrogens (tertiary/aromatic N) is 1. The molecule has 0 amide bonds. The molecule has 0 atom stereocenters. The summed E-state index contributed by atoms with van der Waals surface area (Å²) in [5.74, 6) is -0.0929. The summed E-state index contributed by atoms with van der Waals surface area (Å²) in [5.41, 5.74) is -0.102. The second-order valence-electron chi connectivity index (χ2n) is 2.98. The lowest BCUT2D eigenvalue weighted by Gasteiger charge is -2.17. The maximum Gasteiger partial charge on any atom is 0.357 e. The summed E-state index contributed by atoms with van der Waals surface area (Å²) in [6, 6.07) is 0. The minimum Gasteiger partial charge on any atom is -0.480 e. The highest BCUT2D eigenvalue weighted by atomic mass is 35.6. The molecule has 0 saturated heterocycles. The van der Waals surface area contributed by atoms with Crippen LogP contribution in [0.25, 0.3) is 0 Å². The van der Waals surface area contributed by atoms with Crippen LogP contribution >= 0.6 is 70.2 Å². The first-order valence-electron chi connectivity index (χ1n) is 4.48. The van der Waals surface area contributed by atoms with E-state index in [0.29, 0.717) is 0 Å². The van der Waals surface area contributed by atoms with E-state index in [1.807, 2.05) is 0 Å². The van der Waals surface area contributed by atoms with Crippen LogP contribution in [0.4, 0.5) is 0 Å². The Morgan fingerprint density at radius 1 is 1.16 bits per heavy atom. The monoisotopic (exact) mass is 383 g/mol. The minimum atomic E-state index is -1.89. The maximum atomic E-state index is 6.03. The largest absolute Gasteiger partial charge is 0.480 e. The molecule has 10 heteroatoms. The molecular weight excluding hydrogens is 379 g/mol. The van der Waals surface area contributed by atoms with Crippen molar-refractivity contribution in [2.75, 3.05) is 14.2 Å². The molecule has 1 rings (SSSR count). The molecule has 1 aromatic heterocycles. The second kappa shape index (κ2) is 6.70. The van der Waals surface area contributed by atoms with Gasteiger partial charge < -0.3 is 14.2 Å². The number of thiocarbonyl (C=S) groups is 1. The summed E-state index contributed by atoms with van der Waals surface area (Å²) < 4.78 is 12.9. The molecule has 0 aromatic carbocycles. The lowest BCUT2D eigenvalue weighted by Crippen LogP contribution is -2.12. The van der Waals surface area contributed by atoms with Crippen LogP contribution in [0.2, 0.25) is 10.0 Å². The SMILES string of the molecule is COC(=S)Oc1c(Cl)c(OC)nc(C(Cl)(Cl)Cl)c1Cl. The summed E-state index contributed by atoms with van der Waals surface area (Å²) in [6.07, 6.45) is 0. The van der Waals surface area contributed by atoms with Crippen molar-refractivity contribution in [3.63, 3.8) is 0 Å². The zero-order valence-electron chi connectivity index (χ0n) is 9.47. The van der Waals surface area contributed by atoms with Gasteiger partial charge in [-0.15, -0.1) is 0 Å². The van der Waals surface area contributed by atoms with Gasteiger partial charge >= 0.3 is 5.24 Å². The van der Waals surface area contributed by atoms with Crippen molar-refractivity contribution in [3.8, 4) is 11.6 Å². The minimum absolute atomic E-state index is 0.0232. The smallest absolute Gasteiger partial charge is 0.357 e. The normalized spacial score (nSPS) is 11.1. The van der Waals surface area contributed by atoms with Crippen LogP contribution in [0, 0.1) is 0 Å². The van der Waals surface area contributed by atoms with E-state index in [2.05, 4.69) is 4.98 Å². The Hall–Kier alpha value is 0.0900. The molecule has 106 valence electrons. The number of halogens is 5. The topological polar surface area (TPSA) is 40.6 Å². The Labute approximate surface area is 139 Å². The van der Waals surface area contributed by atoms with Crippen molar-refractivity contribution >= 4 is 75.5 Å². The van der Waals surface area contributed by atoms with Gasteiger partial charge in [-0.3, -0.25) is 0 Å². The molecule has 0 aliphatic heterocycles. The zero-order valence-corrected chi connectivity index (χ0v) is 14.1. The third-order valence-corrected chi connectivity index (χ3v) is 3.29. The van der Waals surface area contributed by atoms with Gasteiger partial charge in [0.25, 0.3) is 0 Å². The molecule has 0 N–H and O–H groups in total. The fraction of sp³-hybridized carbons (Fsp3) is 0.333. The molecule has 0 fully saturated rings. The number of alkyl halides is 3. The molecule has 0 spiro atoms. The van der Waals surface area contributed by atoms with E-state index in [1.165, 1.54) is 14.2 Å². The Bertz CT molecular complexity index is 506. The van der Waals surface area contributed by atoms with Crippen LogP contribution in [-0.4, -0.2) is 24.4 Å². The van der Waals surface area contributed by atoms with Gasteiger partial charge in [-0.1, -0.05) is 58.0 Å². The van der Waals surface area contributed by atoms with E-state index >= 15 is 0 Å². The third kappa shape index (κ3) is 4.03. The number of pyridine rings is 1. The fourth-order valence-corrected chi connectivity index (χ4v) is 2.29. The van der Waals surface area contributed by atoms with E-state index in [9.17, 15) is 0 Å². The van der Waals surface area contributed by atoms with Crippen molar-refractivity contribution < 1.29 is 14.2 Å². The van der Waals surface area contributed by atoms with E-state index in [0.717, 1.165) is 0 Å². The molecule has 1 aromatic rings. The Morgan fingerprint density at radius 3 is 2.16 bits per heavy atom. The summed E-state index contributed by atoms with van der Waals surface area (Å²) in [7, 11) is 2.65. The standard InChI is InChI=1S/C9H6Cl5NO3S/c1-16-7-4(11)5(18-8(19)17-2)3(10)6(15-7)9(12,13)14/h1-2H3. The van der Waals surface area contributed by atoms with Gasteiger partial charge in [0.15, 0.2) is 5.75 Å². The highest BCUT2D eigenvalue weighted by Gasteiger charge is 2.33. The number of hydrogen-bond acceptors (Lipinski definition) is 5. The highest BCUT2D eigenvalue weighted by Crippen LogP contribution is 2.48. The van der Waals surface area contributed by atoms with Crippen LogP contribution in [0.3, 0.4) is 0 Å². The van der Waals surface area contributed by atoms with Crippen molar-refractivity contribution in [1.29, 1.82) is 0 Å². The molecule has 0 unspecified atom stereocenters. The predicted molar refractivity (Wildman–Crippen MR) is 80.3 cm³/mol. The van der Waals surface area contributed by atoms with Crippen LogP contribution in [-0.2, 0) is 8.53 Å². The third-order valence-electron chi connectivity index (χ3n) is 1.82. The van der Waals surface area contributed by atoms with Crippen molar-refractivity contribution in [2.24, 2.45) is 0 Å². The summed E-state index contributed by atoms with van der Waals surface area (Å²) >= 11 is 34.0. The quantitative estimate of drug-likeness (QED) is 0.552. The van der Waals surface area contributed by atoms with Crippen molar-refractivity contribution in [3.05, 3.63) is 15.7 Å². The van der Waals surface area contributed by atoms with Crippen molar-refractivity contribution in [2.45, 2.75) is 3.79 Å². The lowest BCUT2D eigenvalue weighted by molar-refractivity contribution is 0.313. The first kappa shape index (κ1) is 17.1. The number of hydrogen-bond donors (Lipinski definition) is 0. The first-order valence-corrected chi connectivity index (χ1v) is 6.78. The molecule has 0 radical (unpaired) electrons.